The molecule has 0 spiro atoms. The van der Waals surface area contributed by atoms with Gasteiger partial charge in [-0.25, -0.2) is 0 Å². The average Bonchev–Trinajstić information content (AvgIpc) is 3.15. The topological polar surface area (TPSA) is 94.5 Å². The van der Waals surface area contributed by atoms with Crippen molar-refractivity contribution in [2.24, 2.45) is 11.8 Å². The number of carbonyl (C=O) groups excluding carboxylic acids is 2. The van der Waals surface area contributed by atoms with Crippen LogP contribution in [0.2, 0.25) is 0 Å². The first-order valence-corrected chi connectivity index (χ1v) is 11.6. The largest absolute Gasteiger partial charge is 0.496 e. The summed E-state index contributed by atoms with van der Waals surface area (Å²) in [4.78, 5) is 25.3. The number of ether oxygens (including phenoxy) is 2. The highest BCUT2D eigenvalue weighted by atomic mass is 16.5. The van der Waals surface area contributed by atoms with E-state index in [1.807, 2.05) is 29.8 Å². The van der Waals surface area contributed by atoms with E-state index in [1.165, 1.54) is 0 Å². The van der Waals surface area contributed by atoms with Gasteiger partial charge in [-0.05, 0) is 43.4 Å². The van der Waals surface area contributed by atoms with Crippen molar-refractivity contribution in [1.29, 1.82) is 0 Å². The van der Waals surface area contributed by atoms with E-state index in [9.17, 15) is 9.59 Å². The second-order valence-electron chi connectivity index (χ2n) is 8.99. The lowest BCUT2D eigenvalue weighted by atomic mass is 10.0. The Morgan fingerprint density at radius 1 is 1.06 bits per heavy atom. The van der Waals surface area contributed by atoms with Crippen LogP contribution in [-0.4, -0.2) is 48.4 Å². The van der Waals surface area contributed by atoms with Crippen LogP contribution in [0.1, 0.15) is 57.9 Å². The zero-order valence-electron chi connectivity index (χ0n) is 20.9. The van der Waals surface area contributed by atoms with Crippen LogP contribution in [0.15, 0.2) is 24.3 Å². The van der Waals surface area contributed by atoms with Crippen molar-refractivity contribution in [1.82, 2.24) is 20.4 Å². The lowest BCUT2D eigenvalue weighted by Crippen LogP contribution is -2.40. The number of hydrogen-bond donors (Lipinski definition) is 2. The van der Waals surface area contributed by atoms with E-state index in [1.54, 1.807) is 20.3 Å². The molecule has 0 aliphatic rings. The molecule has 1 aromatic heterocycles. The highest BCUT2D eigenvalue weighted by molar-refractivity contribution is 5.94. The van der Waals surface area contributed by atoms with Crippen LogP contribution >= 0.6 is 0 Å². The molecule has 0 saturated carbocycles. The average molecular weight is 459 g/mol. The number of amides is 2. The monoisotopic (exact) mass is 458 g/mol. The van der Waals surface area contributed by atoms with Gasteiger partial charge in [-0.1, -0.05) is 33.8 Å². The maximum atomic E-state index is 13.2. The highest BCUT2D eigenvalue weighted by Gasteiger charge is 2.24. The number of rotatable bonds is 12. The zero-order chi connectivity index (χ0) is 24.5. The number of aromatic nitrogens is 2. The van der Waals surface area contributed by atoms with Crippen LogP contribution < -0.4 is 20.1 Å². The third-order valence-electron chi connectivity index (χ3n) is 5.13. The first kappa shape index (κ1) is 26.2. The van der Waals surface area contributed by atoms with Crippen molar-refractivity contribution in [2.45, 2.75) is 60.0 Å². The maximum Gasteiger partial charge on any atom is 0.272 e. The van der Waals surface area contributed by atoms with Gasteiger partial charge < -0.3 is 20.1 Å². The third-order valence-corrected chi connectivity index (χ3v) is 5.13. The molecule has 1 heterocycles. The van der Waals surface area contributed by atoms with Gasteiger partial charge in [-0.2, -0.15) is 5.10 Å². The SMILES string of the molecule is CCNC(=O)CC(CC(C)C)NC(=O)c1cc(-c2c(OC)cccc2OC)n(CC(C)C)n1. The van der Waals surface area contributed by atoms with Crippen LogP contribution in [0.25, 0.3) is 11.3 Å². The number of hydrogen-bond acceptors (Lipinski definition) is 5. The first-order valence-electron chi connectivity index (χ1n) is 11.6. The molecule has 1 aromatic carbocycles. The minimum Gasteiger partial charge on any atom is -0.496 e. The van der Waals surface area contributed by atoms with Crippen molar-refractivity contribution in [3.8, 4) is 22.8 Å². The molecule has 33 heavy (non-hydrogen) atoms. The van der Waals surface area contributed by atoms with Crippen LogP contribution in [0.4, 0.5) is 0 Å². The summed E-state index contributed by atoms with van der Waals surface area (Å²) >= 11 is 0. The maximum absolute atomic E-state index is 13.2. The third kappa shape index (κ3) is 7.23. The summed E-state index contributed by atoms with van der Waals surface area (Å²) in [7, 11) is 3.21. The number of benzene rings is 1. The standard InChI is InChI=1S/C25H38N4O4/c1-8-26-23(30)13-18(12-16(2)3)27-25(31)19-14-20(29(28-19)15-17(4)5)24-21(32-6)10-9-11-22(24)33-7/h9-11,14,16-18H,8,12-13,15H2,1-7H3,(H,26,30)(H,27,31). The molecular formula is C25H38N4O4. The molecule has 2 rings (SSSR count). The predicted octanol–water partition coefficient (Wildman–Crippen LogP) is 3.89. The minimum absolute atomic E-state index is 0.0757. The molecule has 8 heteroatoms. The van der Waals surface area contributed by atoms with Crippen molar-refractivity contribution in [3.05, 3.63) is 30.0 Å². The Hall–Kier alpha value is -3.03. The van der Waals surface area contributed by atoms with Gasteiger partial charge in [0, 0.05) is 25.6 Å². The minimum atomic E-state index is -0.303. The van der Waals surface area contributed by atoms with Crippen LogP contribution in [0.5, 0.6) is 11.5 Å². The molecule has 0 aliphatic carbocycles. The molecule has 1 atom stereocenters. The van der Waals surface area contributed by atoms with E-state index in [2.05, 4.69) is 43.4 Å². The molecule has 0 fully saturated rings. The summed E-state index contributed by atoms with van der Waals surface area (Å²) in [6.07, 6.45) is 0.931. The molecule has 2 amide bonds. The van der Waals surface area contributed by atoms with Gasteiger partial charge in [-0.3, -0.25) is 14.3 Å². The Morgan fingerprint density at radius 2 is 1.70 bits per heavy atom. The molecule has 0 bridgehead atoms. The van der Waals surface area contributed by atoms with Gasteiger partial charge in [0.05, 0.1) is 25.5 Å². The zero-order valence-corrected chi connectivity index (χ0v) is 20.9. The number of nitrogens with one attached hydrogen (secondary N) is 2. The number of methoxy groups -OCH3 is 2. The Bertz CT molecular complexity index is 914. The Kier molecular flexibility index (Phi) is 9.75. The second kappa shape index (κ2) is 12.3. The molecule has 0 aliphatic heterocycles. The Balaban J connectivity index is 2.42. The van der Waals surface area contributed by atoms with E-state index in [0.29, 0.717) is 48.5 Å². The van der Waals surface area contributed by atoms with Gasteiger partial charge >= 0.3 is 0 Å². The van der Waals surface area contributed by atoms with Crippen LogP contribution in [-0.2, 0) is 11.3 Å². The first-order chi connectivity index (χ1) is 15.7. The second-order valence-corrected chi connectivity index (χ2v) is 8.99. The van der Waals surface area contributed by atoms with Crippen molar-refractivity contribution in [3.63, 3.8) is 0 Å². The van der Waals surface area contributed by atoms with E-state index in [0.717, 1.165) is 11.3 Å². The molecule has 2 N–H and O–H groups in total. The van der Waals surface area contributed by atoms with Gasteiger partial charge in [0.15, 0.2) is 5.69 Å². The normalized spacial score (nSPS) is 12.0. The summed E-state index contributed by atoms with van der Waals surface area (Å²) < 4.78 is 13.0. The molecule has 0 saturated heterocycles. The molecule has 0 radical (unpaired) electrons. The van der Waals surface area contributed by atoms with Crippen molar-refractivity contribution >= 4 is 11.8 Å². The molecule has 182 valence electrons. The lowest BCUT2D eigenvalue weighted by Gasteiger charge is -2.19. The summed E-state index contributed by atoms with van der Waals surface area (Å²) in [5, 5.41) is 10.4. The quantitative estimate of drug-likeness (QED) is 0.503. The van der Waals surface area contributed by atoms with Gasteiger partial charge in [-0.15, -0.1) is 0 Å². The predicted molar refractivity (Wildman–Crippen MR) is 130 cm³/mol. The summed E-state index contributed by atoms with van der Waals surface area (Å²) in [5.74, 6) is 1.54. The van der Waals surface area contributed by atoms with Crippen molar-refractivity contribution in [2.75, 3.05) is 20.8 Å². The fraction of sp³-hybridized carbons (Fsp3) is 0.560. The van der Waals surface area contributed by atoms with Crippen LogP contribution in [0.3, 0.4) is 0 Å². The molecule has 1 unspecified atom stereocenters. The van der Waals surface area contributed by atoms with E-state index < -0.39 is 0 Å². The fourth-order valence-corrected chi connectivity index (χ4v) is 3.83. The van der Waals surface area contributed by atoms with Crippen molar-refractivity contribution < 1.29 is 19.1 Å². The summed E-state index contributed by atoms with van der Waals surface area (Å²) in [6, 6.07) is 7.06. The highest BCUT2D eigenvalue weighted by Crippen LogP contribution is 2.38. The fourth-order valence-electron chi connectivity index (χ4n) is 3.83. The van der Waals surface area contributed by atoms with Gasteiger partial charge in [0.1, 0.15) is 11.5 Å². The molecule has 2 aromatic rings. The number of carbonyl (C=O) groups is 2. The number of nitrogens with zero attached hydrogens (tertiary/aromatic N) is 2. The smallest absolute Gasteiger partial charge is 0.272 e. The summed E-state index contributed by atoms with van der Waals surface area (Å²) in [5.41, 5.74) is 1.78. The van der Waals surface area contributed by atoms with E-state index in [-0.39, 0.29) is 24.3 Å². The van der Waals surface area contributed by atoms with E-state index >= 15 is 0 Å². The van der Waals surface area contributed by atoms with Crippen LogP contribution in [0, 0.1) is 11.8 Å². The Labute approximate surface area is 197 Å². The molecule has 8 nitrogen and oxygen atoms in total. The Morgan fingerprint density at radius 3 is 2.21 bits per heavy atom. The summed E-state index contributed by atoms with van der Waals surface area (Å²) in [6.45, 7) is 11.4. The van der Waals surface area contributed by atoms with E-state index in [4.69, 9.17) is 9.47 Å². The van der Waals surface area contributed by atoms with Gasteiger partial charge in [0.25, 0.3) is 5.91 Å². The molecular weight excluding hydrogens is 420 g/mol. The lowest BCUT2D eigenvalue weighted by molar-refractivity contribution is -0.121. The van der Waals surface area contributed by atoms with Gasteiger partial charge in [0.2, 0.25) is 5.91 Å².